The number of amides is 1. The summed E-state index contributed by atoms with van der Waals surface area (Å²) in [4.78, 5) is 24.3. The van der Waals surface area contributed by atoms with E-state index in [9.17, 15) is 9.59 Å². The lowest BCUT2D eigenvalue weighted by Crippen LogP contribution is -2.17. The van der Waals surface area contributed by atoms with Crippen molar-refractivity contribution in [2.75, 3.05) is 0 Å². The van der Waals surface area contributed by atoms with Crippen molar-refractivity contribution in [2.45, 2.75) is 0 Å². The molecule has 1 aromatic heterocycles. The van der Waals surface area contributed by atoms with Crippen LogP contribution in [0.5, 0.6) is 0 Å². The summed E-state index contributed by atoms with van der Waals surface area (Å²) in [5.41, 5.74) is 0.482. The zero-order valence-electron chi connectivity index (χ0n) is 9.81. The molecule has 1 saturated heterocycles. The standard InChI is InChI=1S/C13H6ClNO3S2/c14-7-1-2-9-8(4-7)11(16)6(5-18-9)3-10-12(17)15-13(19)20-10/h1-5H,(H,15,17,19)/b10-3-. The molecule has 4 nitrogen and oxygen atoms in total. The Morgan fingerprint density at radius 2 is 2.15 bits per heavy atom. The number of halogens is 1. The maximum absolute atomic E-state index is 12.3. The summed E-state index contributed by atoms with van der Waals surface area (Å²) in [5, 5.41) is 3.31. The molecule has 100 valence electrons. The quantitative estimate of drug-likeness (QED) is 0.646. The zero-order chi connectivity index (χ0) is 14.3. The first kappa shape index (κ1) is 13.4. The minimum atomic E-state index is -0.314. The van der Waals surface area contributed by atoms with Gasteiger partial charge in [0.25, 0.3) is 5.91 Å². The van der Waals surface area contributed by atoms with Crippen LogP contribution in [0.3, 0.4) is 0 Å². The molecule has 1 N–H and O–H groups in total. The number of carbonyl (C=O) groups excluding carboxylic acids is 1. The number of carbonyl (C=O) groups is 1. The van der Waals surface area contributed by atoms with Gasteiger partial charge in [-0.25, -0.2) is 0 Å². The highest BCUT2D eigenvalue weighted by molar-refractivity contribution is 8.26. The van der Waals surface area contributed by atoms with Crippen LogP contribution >= 0.6 is 35.6 Å². The van der Waals surface area contributed by atoms with E-state index in [1.165, 1.54) is 18.4 Å². The van der Waals surface area contributed by atoms with Crippen LogP contribution in [0.25, 0.3) is 17.0 Å². The first-order valence-corrected chi connectivity index (χ1v) is 7.11. The lowest BCUT2D eigenvalue weighted by molar-refractivity contribution is -0.115. The molecule has 0 spiro atoms. The van der Waals surface area contributed by atoms with E-state index in [2.05, 4.69) is 5.32 Å². The summed E-state index contributed by atoms with van der Waals surface area (Å²) >= 11 is 11.9. The fourth-order valence-corrected chi connectivity index (χ4v) is 2.99. The average molecular weight is 324 g/mol. The van der Waals surface area contributed by atoms with Crippen LogP contribution in [0.4, 0.5) is 0 Å². The van der Waals surface area contributed by atoms with Gasteiger partial charge in [0, 0.05) is 5.02 Å². The molecule has 0 atom stereocenters. The fraction of sp³-hybridized carbons (Fsp3) is 0. The fourth-order valence-electron chi connectivity index (χ4n) is 1.78. The molecule has 7 heteroatoms. The monoisotopic (exact) mass is 323 g/mol. The van der Waals surface area contributed by atoms with E-state index < -0.39 is 0 Å². The normalized spacial score (nSPS) is 16.9. The van der Waals surface area contributed by atoms with Crippen molar-refractivity contribution in [1.82, 2.24) is 5.32 Å². The highest BCUT2D eigenvalue weighted by atomic mass is 35.5. The number of thiocarbonyl (C=S) groups is 1. The molecule has 0 saturated carbocycles. The molecule has 0 bridgehead atoms. The van der Waals surface area contributed by atoms with Gasteiger partial charge in [0.2, 0.25) is 0 Å². The van der Waals surface area contributed by atoms with Crippen LogP contribution in [0.1, 0.15) is 5.56 Å². The predicted octanol–water partition coefficient (Wildman–Crippen LogP) is 2.94. The van der Waals surface area contributed by atoms with Gasteiger partial charge in [-0.3, -0.25) is 9.59 Å². The summed E-state index contributed by atoms with van der Waals surface area (Å²) in [5.74, 6) is -0.314. The van der Waals surface area contributed by atoms with Gasteiger partial charge in [-0.05, 0) is 24.3 Å². The van der Waals surface area contributed by atoms with E-state index in [1.54, 1.807) is 12.1 Å². The second-order valence-corrected chi connectivity index (χ2v) is 6.17. The van der Waals surface area contributed by atoms with Crippen molar-refractivity contribution in [1.29, 1.82) is 0 Å². The molecule has 0 aliphatic carbocycles. The van der Waals surface area contributed by atoms with Gasteiger partial charge in [-0.15, -0.1) is 0 Å². The summed E-state index contributed by atoms with van der Waals surface area (Å²) in [7, 11) is 0. The molecule has 1 amide bonds. The van der Waals surface area contributed by atoms with E-state index in [1.807, 2.05) is 0 Å². The Kier molecular flexibility index (Phi) is 3.37. The minimum absolute atomic E-state index is 0.243. The summed E-state index contributed by atoms with van der Waals surface area (Å²) in [6.45, 7) is 0. The van der Waals surface area contributed by atoms with Crippen LogP contribution in [0.15, 0.2) is 38.6 Å². The van der Waals surface area contributed by atoms with E-state index in [0.29, 0.717) is 25.2 Å². The van der Waals surface area contributed by atoms with Crippen LogP contribution in [-0.2, 0) is 4.79 Å². The van der Waals surface area contributed by atoms with Gasteiger partial charge in [0.15, 0.2) is 5.43 Å². The first-order chi connectivity index (χ1) is 9.54. The van der Waals surface area contributed by atoms with Gasteiger partial charge < -0.3 is 9.73 Å². The Balaban J connectivity index is 2.16. The lowest BCUT2D eigenvalue weighted by Gasteiger charge is -1.99. The highest BCUT2D eigenvalue weighted by Gasteiger charge is 2.22. The number of nitrogens with one attached hydrogen (secondary N) is 1. The Labute approximate surface area is 127 Å². The first-order valence-electron chi connectivity index (χ1n) is 5.50. The SMILES string of the molecule is O=C1NC(=S)S/C1=C\c1coc2ccc(Cl)cc2c1=O. The Morgan fingerprint density at radius 3 is 2.85 bits per heavy atom. The summed E-state index contributed by atoms with van der Waals surface area (Å²) in [6, 6.07) is 4.81. The third-order valence-electron chi connectivity index (χ3n) is 2.69. The van der Waals surface area contributed by atoms with E-state index >= 15 is 0 Å². The number of benzene rings is 1. The van der Waals surface area contributed by atoms with Crippen molar-refractivity contribution in [2.24, 2.45) is 0 Å². The molecule has 1 aromatic carbocycles. The topological polar surface area (TPSA) is 59.3 Å². The second kappa shape index (κ2) is 5.05. The van der Waals surface area contributed by atoms with E-state index in [4.69, 9.17) is 28.2 Å². The van der Waals surface area contributed by atoms with Gasteiger partial charge in [-0.2, -0.15) is 0 Å². The second-order valence-electron chi connectivity index (χ2n) is 4.01. The molecule has 1 fully saturated rings. The van der Waals surface area contributed by atoms with E-state index in [0.717, 1.165) is 11.8 Å². The maximum Gasteiger partial charge on any atom is 0.263 e. The number of fused-ring (bicyclic) bond motifs is 1. The molecule has 0 radical (unpaired) electrons. The van der Waals surface area contributed by atoms with Crippen molar-refractivity contribution in [3.63, 3.8) is 0 Å². The number of hydrogen-bond acceptors (Lipinski definition) is 5. The number of hydrogen-bond donors (Lipinski definition) is 1. The molecule has 20 heavy (non-hydrogen) atoms. The van der Waals surface area contributed by atoms with Crippen LogP contribution in [-0.4, -0.2) is 10.2 Å². The third kappa shape index (κ3) is 2.37. The number of thioether (sulfide) groups is 1. The van der Waals surface area contributed by atoms with Gasteiger partial charge in [-0.1, -0.05) is 35.6 Å². The third-order valence-corrected chi connectivity index (χ3v) is 4.09. The minimum Gasteiger partial charge on any atom is -0.463 e. The molecular weight excluding hydrogens is 318 g/mol. The largest absolute Gasteiger partial charge is 0.463 e. The molecule has 2 heterocycles. The molecule has 2 aromatic rings. The highest BCUT2D eigenvalue weighted by Crippen LogP contribution is 2.26. The van der Waals surface area contributed by atoms with Crippen LogP contribution < -0.4 is 10.7 Å². The predicted molar refractivity (Wildman–Crippen MR) is 83.8 cm³/mol. The van der Waals surface area contributed by atoms with Crippen molar-refractivity contribution in [3.05, 3.63) is 50.2 Å². The zero-order valence-corrected chi connectivity index (χ0v) is 12.2. The Morgan fingerprint density at radius 1 is 1.35 bits per heavy atom. The molecule has 3 rings (SSSR count). The lowest BCUT2D eigenvalue weighted by atomic mass is 10.1. The Hall–Kier alpha value is -1.63. The van der Waals surface area contributed by atoms with Crippen LogP contribution in [0, 0.1) is 0 Å². The van der Waals surface area contributed by atoms with Gasteiger partial charge in [0.05, 0.1) is 15.9 Å². The van der Waals surface area contributed by atoms with Gasteiger partial charge >= 0.3 is 0 Å². The average Bonchev–Trinajstić information content (AvgIpc) is 2.72. The maximum atomic E-state index is 12.3. The molecule has 1 aliphatic rings. The van der Waals surface area contributed by atoms with Crippen molar-refractivity contribution >= 4 is 62.9 Å². The summed E-state index contributed by atoms with van der Waals surface area (Å²) in [6.07, 6.45) is 2.78. The smallest absolute Gasteiger partial charge is 0.263 e. The molecular formula is C13H6ClNO3S2. The van der Waals surface area contributed by atoms with E-state index in [-0.39, 0.29) is 16.9 Å². The van der Waals surface area contributed by atoms with Crippen molar-refractivity contribution in [3.8, 4) is 0 Å². The van der Waals surface area contributed by atoms with Crippen LogP contribution in [0.2, 0.25) is 5.02 Å². The molecule has 1 aliphatic heterocycles. The Bertz CT molecular complexity index is 841. The molecule has 0 unspecified atom stereocenters. The summed E-state index contributed by atoms with van der Waals surface area (Å²) < 4.78 is 5.74. The van der Waals surface area contributed by atoms with Crippen molar-refractivity contribution < 1.29 is 9.21 Å². The number of rotatable bonds is 1. The van der Waals surface area contributed by atoms with Gasteiger partial charge in [0.1, 0.15) is 16.2 Å².